The van der Waals surface area contributed by atoms with Crippen LogP contribution in [-0.4, -0.2) is 15.0 Å². The highest BCUT2D eigenvalue weighted by Gasteiger charge is 2.27. The van der Waals surface area contributed by atoms with Crippen molar-refractivity contribution in [2.24, 2.45) is 0 Å². The van der Waals surface area contributed by atoms with E-state index in [4.69, 9.17) is 11.6 Å². The van der Waals surface area contributed by atoms with E-state index >= 15 is 0 Å². The van der Waals surface area contributed by atoms with Crippen LogP contribution in [0, 0.1) is 0 Å². The first-order valence-electron chi connectivity index (χ1n) is 6.70. The van der Waals surface area contributed by atoms with E-state index in [1.54, 1.807) is 6.07 Å². The monoisotopic (exact) mass is 281 g/mol. The quantitative estimate of drug-likeness (QED) is 0.660. The van der Waals surface area contributed by atoms with E-state index in [2.05, 4.69) is 27.1 Å². The molecule has 0 atom stereocenters. The van der Waals surface area contributed by atoms with Gasteiger partial charge in [0.2, 0.25) is 0 Å². The molecule has 2 aromatic heterocycles. The Morgan fingerprint density at radius 2 is 1.75 bits per heavy atom. The standard InChI is InChI=1S/C16H12ClN3/c17-15-9-14(19-16(20-15)11-5-6-11)13-8-7-10-3-1-2-4-12(10)18-13/h1-4,7-9,11H,5-6H2. The highest BCUT2D eigenvalue weighted by molar-refractivity contribution is 6.29. The molecule has 0 unspecified atom stereocenters. The molecule has 1 aliphatic rings. The normalized spacial score (nSPS) is 14.7. The zero-order valence-electron chi connectivity index (χ0n) is 10.8. The maximum atomic E-state index is 6.11. The summed E-state index contributed by atoms with van der Waals surface area (Å²) in [5.41, 5.74) is 2.61. The first-order valence-corrected chi connectivity index (χ1v) is 7.08. The zero-order chi connectivity index (χ0) is 13.5. The third-order valence-electron chi connectivity index (χ3n) is 3.52. The fourth-order valence-corrected chi connectivity index (χ4v) is 2.49. The van der Waals surface area contributed by atoms with Crippen molar-refractivity contribution in [1.82, 2.24) is 15.0 Å². The van der Waals surface area contributed by atoms with Crippen LogP contribution >= 0.6 is 11.6 Å². The summed E-state index contributed by atoms with van der Waals surface area (Å²) in [6.07, 6.45) is 2.32. The Bertz CT molecular complexity index is 797. The minimum atomic E-state index is 0.480. The van der Waals surface area contributed by atoms with Gasteiger partial charge in [0.25, 0.3) is 0 Å². The number of aromatic nitrogens is 3. The van der Waals surface area contributed by atoms with Crippen LogP contribution in [0.1, 0.15) is 24.6 Å². The number of benzene rings is 1. The maximum Gasteiger partial charge on any atom is 0.133 e. The van der Waals surface area contributed by atoms with Crippen molar-refractivity contribution in [1.29, 1.82) is 0 Å². The van der Waals surface area contributed by atoms with Gasteiger partial charge in [0, 0.05) is 17.4 Å². The largest absolute Gasteiger partial charge is 0.246 e. The van der Waals surface area contributed by atoms with Crippen LogP contribution in [0.3, 0.4) is 0 Å². The lowest BCUT2D eigenvalue weighted by atomic mass is 10.2. The molecule has 0 bridgehead atoms. The van der Waals surface area contributed by atoms with Gasteiger partial charge in [-0.05, 0) is 25.0 Å². The van der Waals surface area contributed by atoms with Gasteiger partial charge in [-0.25, -0.2) is 15.0 Å². The average molecular weight is 282 g/mol. The number of halogens is 1. The van der Waals surface area contributed by atoms with Crippen molar-refractivity contribution in [3.63, 3.8) is 0 Å². The topological polar surface area (TPSA) is 38.7 Å². The molecule has 4 heteroatoms. The summed E-state index contributed by atoms with van der Waals surface area (Å²) in [5.74, 6) is 1.33. The summed E-state index contributed by atoms with van der Waals surface area (Å²) in [4.78, 5) is 13.6. The van der Waals surface area contributed by atoms with Crippen molar-refractivity contribution in [2.45, 2.75) is 18.8 Å². The van der Waals surface area contributed by atoms with Gasteiger partial charge in [0.15, 0.2) is 0 Å². The van der Waals surface area contributed by atoms with Gasteiger partial charge in [-0.15, -0.1) is 0 Å². The Labute approximate surface area is 121 Å². The van der Waals surface area contributed by atoms with Gasteiger partial charge in [0.05, 0.1) is 16.9 Å². The highest BCUT2D eigenvalue weighted by Crippen LogP contribution is 2.39. The molecule has 3 aromatic rings. The molecule has 98 valence electrons. The van der Waals surface area contributed by atoms with E-state index in [0.29, 0.717) is 11.1 Å². The predicted molar refractivity (Wildman–Crippen MR) is 79.8 cm³/mol. The predicted octanol–water partition coefficient (Wildman–Crippen LogP) is 4.22. The molecule has 0 amide bonds. The number of hydrogen-bond donors (Lipinski definition) is 0. The summed E-state index contributed by atoms with van der Waals surface area (Å²) in [5, 5.41) is 1.62. The molecule has 1 fully saturated rings. The van der Waals surface area contributed by atoms with Crippen LogP contribution in [-0.2, 0) is 0 Å². The van der Waals surface area contributed by atoms with Crippen molar-refractivity contribution < 1.29 is 0 Å². The van der Waals surface area contributed by atoms with Crippen molar-refractivity contribution in [2.75, 3.05) is 0 Å². The average Bonchev–Trinajstić information content (AvgIpc) is 3.31. The van der Waals surface area contributed by atoms with E-state index in [1.165, 1.54) is 0 Å². The Morgan fingerprint density at radius 1 is 0.900 bits per heavy atom. The number of pyridine rings is 1. The van der Waals surface area contributed by atoms with Gasteiger partial charge in [-0.2, -0.15) is 0 Å². The van der Waals surface area contributed by atoms with Crippen molar-refractivity contribution >= 4 is 22.5 Å². The first kappa shape index (κ1) is 11.8. The second kappa shape index (κ2) is 4.53. The number of hydrogen-bond acceptors (Lipinski definition) is 3. The van der Waals surface area contributed by atoms with Gasteiger partial charge in [0.1, 0.15) is 11.0 Å². The second-order valence-corrected chi connectivity index (χ2v) is 5.48. The molecule has 0 aliphatic heterocycles. The third kappa shape index (κ3) is 2.14. The Balaban J connectivity index is 1.85. The molecule has 20 heavy (non-hydrogen) atoms. The first-order chi connectivity index (χ1) is 9.79. The molecule has 4 rings (SSSR count). The fourth-order valence-electron chi connectivity index (χ4n) is 2.30. The number of fused-ring (bicyclic) bond motifs is 1. The van der Waals surface area contributed by atoms with Crippen LogP contribution in [0.25, 0.3) is 22.3 Å². The summed E-state index contributed by atoms with van der Waals surface area (Å²) >= 11 is 6.11. The van der Waals surface area contributed by atoms with Crippen LogP contribution < -0.4 is 0 Å². The van der Waals surface area contributed by atoms with Crippen LogP contribution in [0.2, 0.25) is 5.15 Å². The molecule has 0 spiro atoms. The van der Waals surface area contributed by atoms with Crippen LogP contribution in [0.4, 0.5) is 0 Å². The second-order valence-electron chi connectivity index (χ2n) is 5.10. The smallest absolute Gasteiger partial charge is 0.133 e. The number of para-hydroxylation sites is 1. The summed E-state index contributed by atoms with van der Waals surface area (Å²) in [6, 6.07) is 13.9. The lowest BCUT2D eigenvalue weighted by molar-refractivity contribution is 0.929. The van der Waals surface area contributed by atoms with Gasteiger partial charge in [-0.1, -0.05) is 35.9 Å². The van der Waals surface area contributed by atoms with Crippen molar-refractivity contribution in [3.05, 3.63) is 53.4 Å². The van der Waals surface area contributed by atoms with Crippen LogP contribution in [0.15, 0.2) is 42.5 Å². The molecule has 0 N–H and O–H groups in total. The van der Waals surface area contributed by atoms with Crippen molar-refractivity contribution in [3.8, 4) is 11.4 Å². The highest BCUT2D eigenvalue weighted by atomic mass is 35.5. The minimum absolute atomic E-state index is 0.480. The molecular formula is C16H12ClN3. The van der Waals surface area contributed by atoms with E-state index in [9.17, 15) is 0 Å². The molecule has 1 saturated carbocycles. The molecule has 0 radical (unpaired) electrons. The Kier molecular flexibility index (Phi) is 2.67. The lowest BCUT2D eigenvalue weighted by Gasteiger charge is -2.05. The molecule has 0 saturated heterocycles. The number of nitrogens with zero attached hydrogens (tertiary/aromatic N) is 3. The Hall–Kier alpha value is -2.00. The minimum Gasteiger partial charge on any atom is -0.246 e. The SMILES string of the molecule is Clc1cc(-c2ccc3ccccc3n2)nc(C2CC2)n1. The van der Waals surface area contributed by atoms with Crippen LogP contribution in [0.5, 0.6) is 0 Å². The van der Waals surface area contributed by atoms with E-state index in [1.807, 2.05) is 24.3 Å². The summed E-state index contributed by atoms with van der Waals surface area (Å²) < 4.78 is 0. The molecule has 2 heterocycles. The van der Waals surface area contributed by atoms with E-state index in [0.717, 1.165) is 41.0 Å². The molecular weight excluding hydrogens is 270 g/mol. The third-order valence-corrected chi connectivity index (χ3v) is 3.71. The van der Waals surface area contributed by atoms with E-state index < -0.39 is 0 Å². The lowest BCUT2D eigenvalue weighted by Crippen LogP contribution is -1.96. The molecule has 1 aliphatic carbocycles. The molecule has 1 aromatic carbocycles. The number of rotatable bonds is 2. The molecule has 3 nitrogen and oxygen atoms in total. The Morgan fingerprint density at radius 3 is 2.60 bits per heavy atom. The van der Waals surface area contributed by atoms with Gasteiger partial charge >= 0.3 is 0 Å². The fraction of sp³-hybridized carbons (Fsp3) is 0.188. The summed E-state index contributed by atoms with van der Waals surface area (Å²) in [7, 11) is 0. The van der Waals surface area contributed by atoms with Gasteiger partial charge < -0.3 is 0 Å². The maximum absolute atomic E-state index is 6.11. The van der Waals surface area contributed by atoms with Gasteiger partial charge in [-0.3, -0.25) is 0 Å². The zero-order valence-corrected chi connectivity index (χ0v) is 11.5. The van der Waals surface area contributed by atoms with E-state index in [-0.39, 0.29) is 0 Å². The summed E-state index contributed by atoms with van der Waals surface area (Å²) in [6.45, 7) is 0.